The monoisotopic (exact) mass is 368 g/mol. The number of urea groups is 1. The largest absolute Gasteiger partial charge is 0.454 e. The fourth-order valence-electron chi connectivity index (χ4n) is 2.54. The van der Waals surface area contributed by atoms with E-state index in [0.717, 1.165) is 28.3 Å². The number of anilines is 1. The number of fused-ring (bicyclic) bond motifs is 1. The Hall–Kier alpha value is -3.13. The molecule has 0 bridgehead atoms. The number of hydrogen-bond donors (Lipinski definition) is 2. The van der Waals surface area contributed by atoms with Gasteiger partial charge >= 0.3 is 6.03 Å². The number of carbonyl (C=O) groups excluding carboxylic acids is 1. The summed E-state index contributed by atoms with van der Waals surface area (Å²) in [4.78, 5) is 20.5. The van der Waals surface area contributed by atoms with Crippen LogP contribution in [0.25, 0.3) is 11.3 Å². The van der Waals surface area contributed by atoms with Gasteiger partial charge in [-0.05, 0) is 36.2 Å². The summed E-state index contributed by atoms with van der Waals surface area (Å²) in [6, 6.07) is 9.28. The van der Waals surface area contributed by atoms with E-state index in [1.807, 2.05) is 35.7 Å². The third-order valence-corrected chi connectivity index (χ3v) is 4.58. The molecule has 1 aliphatic heterocycles. The summed E-state index contributed by atoms with van der Waals surface area (Å²) in [5, 5.41) is 8.01. The number of nitrogens with one attached hydrogen (secondary N) is 2. The highest BCUT2D eigenvalue weighted by atomic mass is 32.1. The lowest BCUT2D eigenvalue weighted by Crippen LogP contribution is -2.30. The Kier molecular flexibility index (Phi) is 4.65. The highest BCUT2D eigenvalue weighted by molar-refractivity contribution is 7.14. The molecule has 0 saturated carbocycles. The number of thiazole rings is 1. The summed E-state index contributed by atoms with van der Waals surface area (Å²) in [6.45, 7) is 0.764. The molecule has 3 aromatic rings. The van der Waals surface area contributed by atoms with Crippen LogP contribution in [0.2, 0.25) is 0 Å². The quantitative estimate of drug-likeness (QED) is 0.722. The highest BCUT2D eigenvalue weighted by Gasteiger charge is 2.13. The van der Waals surface area contributed by atoms with Crippen LogP contribution in [0, 0.1) is 0 Å². The average Bonchev–Trinajstić information content (AvgIpc) is 3.31. The van der Waals surface area contributed by atoms with Crippen molar-refractivity contribution in [3.63, 3.8) is 0 Å². The average molecular weight is 368 g/mol. The van der Waals surface area contributed by atoms with Gasteiger partial charge in [0.25, 0.3) is 0 Å². The van der Waals surface area contributed by atoms with E-state index < -0.39 is 0 Å². The second-order valence-electron chi connectivity index (χ2n) is 5.60. The van der Waals surface area contributed by atoms with Crippen molar-refractivity contribution >= 4 is 22.5 Å². The van der Waals surface area contributed by atoms with E-state index in [2.05, 4.69) is 20.6 Å². The van der Waals surface area contributed by atoms with Gasteiger partial charge < -0.3 is 14.8 Å². The molecule has 2 N–H and O–H groups in total. The first-order chi connectivity index (χ1) is 12.8. The van der Waals surface area contributed by atoms with E-state index in [1.54, 1.807) is 12.4 Å². The normalized spacial score (nSPS) is 12.0. The van der Waals surface area contributed by atoms with Gasteiger partial charge in [-0.25, -0.2) is 9.78 Å². The molecule has 132 valence electrons. The Morgan fingerprint density at radius 2 is 2.15 bits per heavy atom. The van der Waals surface area contributed by atoms with Crippen molar-refractivity contribution < 1.29 is 14.3 Å². The summed E-state index contributed by atoms with van der Waals surface area (Å²) >= 11 is 1.37. The van der Waals surface area contributed by atoms with Gasteiger partial charge in [-0.15, -0.1) is 11.3 Å². The second-order valence-corrected chi connectivity index (χ2v) is 6.46. The molecule has 2 amide bonds. The van der Waals surface area contributed by atoms with Crippen molar-refractivity contribution in [2.75, 3.05) is 18.7 Å². The zero-order valence-corrected chi connectivity index (χ0v) is 14.6. The molecule has 0 aliphatic carbocycles. The molecule has 0 spiro atoms. The molecular weight excluding hydrogens is 352 g/mol. The molecule has 3 heterocycles. The second kappa shape index (κ2) is 7.40. The summed E-state index contributed by atoms with van der Waals surface area (Å²) in [7, 11) is 0. The molecule has 0 unspecified atom stereocenters. The molecule has 1 aromatic carbocycles. The van der Waals surface area contributed by atoms with Gasteiger partial charge in [0.15, 0.2) is 16.6 Å². The smallest absolute Gasteiger partial charge is 0.321 e. The first-order valence-corrected chi connectivity index (χ1v) is 8.95. The highest BCUT2D eigenvalue weighted by Crippen LogP contribution is 2.32. The maximum Gasteiger partial charge on any atom is 0.321 e. The minimum Gasteiger partial charge on any atom is -0.454 e. The molecule has 0 atom stereocenters. The van der Waals surface area contributed by atoms with Crippen LogP contribution in [0.15, 0.2) is 48.1 Å². The number of aromatic nitrogens is 2. The topological polar surface area (TPSA) is 85.4 Å². The zero-order chi connectivity index (χ0) is 17.8. The predicted molar refractivity (Wildman–Crippen MR) is 98.6 cm³/mol. The maximum atomic E-state index is 12.0. The van der Waals surface area contributed by atoms with Gasteiger partial charge in [-0.2, -0.15) is 0 Å². The molecule has 0 saturated heterocycles. The number of ether oxygens (including phenoxy) is 2. The minimum absolute atomic E-state index is 0.258. The molecule has 0 fully saturated rings. The lowest BCUT2D eigenvalue weighted by Gasteiger charge is -2.06. The van der Waals surface area contributed by atoms with Gasteiger partial charge in [0.05, 0.1) is 5.69 Å². The van der Waals surface area contributed by atoms with Crippen LogP contribution < -0.4 is 20.1 Å². The molecule has 8 heteroatoms. The van der Waals surface area contributed by atoms with Gasteiger partial charge in [0, 0.05) is 29.9 Å². The van der Waals surface area contributed by atoms with E-state index in [1.165, 1.54) is 11.3 Å². The number of pyridine rings is 1. The van der Waals surface area contributed by atoms with Crippen LogP contribution in [0.3, 0.4) is 0 Å². The summed E-state index contributed by atoms with van der Waals surface area (Å²) < 4.78 is 10.6. The van der Waals surface area contributed by atoms with Crippen molar-refractivity contribution in [3.05, 3.63) is 53.7 Å². The zero-order valence-electron chi connectivity index (χ0n) is 13.8. The standard InChI is InChI=1S/C18H16N4O3S/c23-17(20-7-5-12-3-4-15-16(8-12)25-11-24-15)22-18-21-14(10-26-18)13-2-1-6-19-9-13/h1-4,6,8-10H,5,7,11H2,(H2,20,21,22,23). The van der Waals surface area contributed by atoms with E-state index in [9.17, 15) is 4.79 Å². The Balaban J connectivity index is 1.27. The number of hydrogen-bond acceptors (Lipinski definition) is 6. The molecule has 1 aliphatic rings. The first-order valence-electron chi connectivity index (χ1n) is 8.07. The molecule has 0 radical (unpaired) electrons. The van der Waals surface area contributed by atoms with Crippen molar-refractivity contribution in [1.82, 2.24) is 15.3 Å². The van der Waals surface area contributed by atoms with Crippen molar-refractivity contribution in [2.45, 2.75) is 6.42 Å². The fourth-order valence-corrected chi connectivity index (χ4v) is 3.25. The van der Waals surface area contributed by atoms with Crippen LogP contribution in [0.4, 0.5) is 9.93 Å². The lowest BCUT2D eigenvalue weighted by atomic mass is 10.1. The molecular formula is C18H16N4O3S. The molecule has 4 rings (SSSR count). The Labute approximate surface area is 154 Å². The van der Waals surface area contributed by atoms with Gasteiger partial charge in [0.2, 0.25) is 6.79 Å². The predicted octanol–water partition coefficient (Wildman–Crippen LogP) is 3.30. The summed E-state index contributed by atoms with van der Waals surface area (Å²) in [5.74, 6) is 1.50. The van der Waals surface area contributed by atoms with E-state index in [0.29, 0.717) is 18.1 Å². The van der Waals surface area contributed by atoms with Crippen molar-refractivity contribution in [1.29, 1.82) is 0 Å². The Morgan fingerprint density at radius 3 is 3.04 bits per heavy atom. The summed E-state index contributed by atoms with van der Waals surface area (Å²) in [6.07, 6.45) is 4.15. The third-order valence-electron chi connectivity index (χ3n) is 3.82. The lowest BCUT2D eigenvalue weighted by molar-refractivity contribution is 0.174. The number of nitrogens with zero attached hydrogens (tertiary/aromatic N) is 2. The maximum absolute atomic E-state index is 12.0. The number of rotatable bonds is 5. The van der Waals surface area contributed by atoms with Crippen molar-refractivity contribution in [3.8, 4) is 22.8 Å². The fraction of sp³-hybridized carbons (Fsp3) is 0.167. The van der Waals surface area contributed by atoms with Crippen LogP contribution in [-0.4, -0.2) is 29.3 Å². The number of carbonyl (C=O) groups is 1. The number of benzene rings is 1. The minimum atomic E-state index is -0.280. The molecule has 2 aromatic heterocycles. The van der Waals surface area contributed by atoms with E-state index in [4.69, 9.17) is 9.47 Å². The third kappa shape index (κ3) is 3.75. The summed E-state index contributed by atoms with van der Waals surface area (Å²) in [5.41, 5.74) is 2.78. The van der Waals surface area contributed by atoms with Crippen LogP contribution >= 0.6 is 11.3 Å². The van der Waals surface area contributed by atoms with Crippen LogP contribution in [-0.2, 0) is 6.42 Å². The van der Waals surface area contributed by atoms with Crippen LogP contribution in [0.5, 0.6) is 11.5 Å². The van der Waals surface area contributed by atoms with Gasteiger partial charge in [0.1, 0.15) is 0 Å². The van der Waals surface area contributed by atoms with Gasteiger partial charge in [-0.1, -0.05) is 6.07 Å². The van der Waals surface area contributed by atoms with Crippen LogP contribution in [0.1, 0.15) is 5.56 Å². The van der Waals surface area contributed by atoms with Gasteiger partial charge in [-0.3, -0.25) is 10.3 Å². The first kappa shape index (κ1) is 16.3. The molecule has 26 heavy (non-hydrogen) atoms. The Bertz CT molecular complexity index is 914. The molecule has 7 nitrogen and oxygen atoms in total. The van der Waals surface area contributed by atoms with E-state index in [-0.39, 0.29) is 12.8 Å². The number of amides is 2. The SMILES string of the molecule is O=C(NCCc1ccc2c(c1)OCO2)Nc1nc(-c2cccnc2)cs1. The Morgan fingerprint density at radius 1 is 1.23 bits per heavy atom. The van der Waals surface area contributed by atoms with Crippen molar-refractivity contribution in [2.24, 2.45) is 0 Å². The van der Waals surface area contributed by atoms with E-state index >= 15 is 0 Å².